The van der Waals surface area contributed by atoms with E-state index in [2.05, 4.69) is 27.9 Å². The lowest BCUT2D eigenvalue weighted by atomic mass is 9.96. The molecule has 0 saturated carbocycles. The van der Waals surface area contributed by atoms with Gasteiger partial charge < -0.3 is 4.42 Å². The average Bonchev–Trinajstić information content (AvgIpc) is 3.02. The van der Waals surface area contributed by atoms with Gasteiger partial charge in [-0.25, -0.2) is 4.98 Å². The fourth-order valence-electron chi connectivity index (χ4n) is 3.32. The third-order valence-corrected chi connectivity index (χ3v) is 4.78. The van der Waals surface area contributed by atoms with Crippen LogP contribution in [0.4, 0.5) is 0 Å². The molecule has 23 heavy (non-hydrogen) atoms. The van der Waals surface area contributed by atoms with Crippen molar-refractivity contribution < 1.29 is 4.42 Å². The number of para-hydroxylation sites is 2. The number of aryl methyl sites for hydroxylation is 1. The molecule has 118 valence electrons. The largest absolute Gasteiger partial charge is 0.440 e. The van der Waals surface area contributed by atoms with Crippen LogP contribution in [0.2, 0.25) is 0 Å². The van der Waals surface area contributed by atoms with Crippen LogP contribution in [0.3, 0.4) is 0 Å². The summed E-state index contributed by atoms with van der Waals surface area (Å²) in [5, 5.41) is 0. The van der Waals surface area contributed by atoms with E-state index in [1.807, 2.05) is 36.7 Å². The van der Waals surface area contributed by atoms with Gasteiger partial charge >= 0.3 is 0 Å². The molecule has 4 heteroatoms. The van der Waals surface area contributed by atoms with Crippen molar-refractivity contribution in [3.8, 4) is 0 Å². The van der Waals surface area contributed by atoms with Crippen LogP contribution in [-0.4, -0.2) is 28.0 Å². The van der Waals surface area contributed by atoms with Gasteiger partial charge in [-0.05, 0) is 62.2 Å². The average molecular weight is 307 g/mol. The van der Waals surface area contributed by atoms with Gasteiger partial charge in [0.25, 0.3) is 0 Å². The molecule has 0 amide bonds. The minimum absolute atomic E-state index is 0.442. The van der Waals surface area contributed by atoms with Gasteiger partial charge in [0.15, 0.2) is 11.5 Å². The molecule has 3 aromatic rings. The number of oxazole rings is 1. The number of fused-ring (bicyclic) bond motifs is 1. The van der Waals surface area contributed by atoms with E-state index in [1.165, 1.54) is 11.1 Å². The highest BCUT2D eigenvalue weighted by Gasteiger charge is 2.24. The molecule has 1 aliphatic heterocycles. The molecule has 0 aliphatic carbocycles. The molecule has 0 N–H and O–H groups in total. The van der Waals surface area contributed by atoms with E-state index >= 15 is 0 Å². The smallest absolute Gasteiger partial charge is 0.198 e. The number of hydrogen-bond donors (Lipinski definition) is 0. The Bertz CT molecular complexity index is 770. The molecule has 1 aromatic carbocycles. The number of rotatable bonds is 3. The van der Waals surface area contributed by atoms with Crippen LogP contribution in [0.5, 0.6) is 0 Å². The maximum atomic E-state index is 5.94. The maximum Gasteiger partial charge on any atom is 0.198 e. The van der Waals surface area contributed by atoms with Gasteiger partial charge in [-0.2, -0.15) is 0 Å². The molecule has 3 heterocycles. The van der Waals surface area contributed by atoms with Crippen LogP contribution < -0.4 is 0 Å². The van der Waals surface area contributed by atoms with Gasteiger partial charge in [-0.1, -0.05) is 12.1 Å². The zero-order valence-electron chi connectivity index (χ0n) is 13.4. The van der Waals surface area contributed by atoms with Crippen LogP contribution in [-0.2, 0) is 6.54 Å². The molecule has 0 bridgehead atoms. The summed E-state index contributed by atoms with van der Waals surface area (Å²) in [5.41, 5.74) is 4.52. The molecular formula is C19H21N3O. The summed E-state index contributed by atoms with van der Waals surface area (Å²) in [6.45, 7) is 5.32. The number of piperidine rings is 1. The lowest BCUT2D eigenvalue weighted by Crippen LogP contribution is -2.32. The number of aromatic nitrogens is 2. The Balaban J connectivity index is 1.41. The highest BCUT2D eigenvalue weighted by atomic mass is 16.3. The summed E-state index contributed by atoms with van der Waals surface area (Å²) in [7, 11) is 0. The Hall–Kier alpha value is -2.20. The number of hydrogen-bond acceptors (Lipinski definition) is 4. The van der Waals surface area contributed by atoms with Crippen molar-refractivity contribution in [3.63, 3.8) is 0 Å². The molecule has 4 rings (SSSR count). The monoisotopic (exact) mass is 307 g/mol. The van der Waals surface area contributed by atoms with E-state index in [9.17, 15) is 0 Å². The predicted molar refractivity (Wildman–Crippen MR) is 90.2 cm³/mol. The summed E-state index contributed by atoms with van der Waals surface area (Å²) in [6, 6.07) is 10.1. The third-order valence-electron chi connectivity index (χ3n) is 4.78. The van der Waals surface area contributed by atoms with Crippen LogP contribution >= 0.6 is 0 Å². The summed E-state index contributed by atoms with van der Waals surface area (Å²) in [5.74, 6) is 1.35. The molecule has 0 radical (unpaired) electrons. The second-order valence-electron chi connectivity index (χ2n) is 6.37. The van der Waals surface area contributed by atoms with Crippen LogP contribution in [0.25, 0.3) is 11.1 Å². The SMILES string of the molecule is Cc1cnccc1CN1CCC(c2nc3ccccc3o2)CC1. The fraction of sp³-hybridized carbons (Fsp3) is 0.368. The first-order chi connectivity index (χ1) is 11.3. The zero-order chi connectivity index (χ0) is 15.6. The minimum atomic E-state index is 0.442. The minimum Gasteiger partial charge on any atom is -0.440 e. The van der Waals surface area contributed by atoms with Gasteiger partial charge in [-0.3, -0.25) is 9.88 Å². The van der Waals surface area contributed by atoms with Crippen molar-refractivity contribution in [2.24, 2.45) is 0 Å². The Kier molecular flexibility index (Phi) is 3.83. The Morgan fingerprint density at radius 3 is 2.78 bits per heavy atom. The van der Waals surface area contributed by atoms with Crippen molar-refractivity contribution in [1.29, 1.82) is 0 Å². The molecular weight excluding hydrogens is 286 g/mol. The highest BCUT2D eigenvalue weighted by molar-refractivity contribution is 5.72. The number of likely N-dealkylation sites (tertiary alicyclic amines) is 1. The van der Waals surface area contributed by atoms with E-state index in [0.717, 1.165) is 49.5 Å². The number of benzene rings is 1. The first-order valence-electron chi connectivity index (χ1n) is 8.27. The van der Waals surface area contributed by atoms with Crippen molar-refractivity contribution in [1.82, 2.24) is 14.9 Å². The van der Waals surface area contributed by atoms with Crippen LogP contribution in [0.15, 0.2) is 47.1 Å². The quantitative estimate of drug-likeness (QED) is 0.735. The van der Waals surface area contributed by atoms with E-state index < -0.39 is 0 Å². The first kappa shape index (κ1) is 14.4. The second kappa shape index (κ2) is 6.13. The molecule has 0 spiro atoms. The summed E-state index contributed by atoms with van der Waals surface area (Å²) in [4.78, 5) is 11.4. The van der Waals surface area contributed by atoms with Crippen molar-refractivity contribution >= 4 is 11.1 Å². The number of pyridine rings is 1. The van der Waals surface area contributed by atoms with Gasteiger partial charge in [-0.15, -0.1) is 0 Å². The van der Waals surface area contributed by atoms with Crippen molar-refractivity contribution in [3.05, 3.63) is 59.7 Å². The van der Waals surface area contributed by atoms with Gasteiger partial charge in [0.05, 0.1) is 0 Å². The molecule has 2 aromatic heterocycles. The molecule has 0 unspecified atom stereocenters. The second-order valence-corrected chi connectivity index (χ2v) is 6.37. The summed E-state index contributed by atoms with van der Waals surface area (Å²) in [6.07, 6.45) is 6.04. The summed E-state index contributed by atoms with van der Waals surface area (Å²) >= 11 is 0. The highest BCUT2D eigenvalue weighted by Crippen LogP contribution is 2.30. The van der Waals surface area contributed by atoms with Gasteiger partial charge in [0, 0.05) is 24.9 Å². The summed E-state index contributed by atoms with van der Waals surface area (Å²) < 4.78 is 5.94. The maximum absolute atomic E-state index is 5.94. The Labute approximate surface area is 136 Å². The molecule has 1 fully saturated rings. The van der Waals surface area contributed by atoms with Gasteiger partial charge in [0.2, 0.25) is 0 Å². The predicted octanol–water partition coefficient (Wildman–Crippen LogP) is 3.91. The standard InChI is InChI=1S/C19H21N3O/c1-14-12-20-9-6-16(14)13-22-10-7-15(8-11-22)19-21-17-4-2-3-5-18(17)23-19/h2-6,9,12,15H,7-8,10-11,13H2,1H3. The van der Waals surface area contributed by atoms with Gasteiger partial charge in [0.1, 0.15) is 5.52 Å². The molecule has 4 nitrogen and oxygen atoms in total. The zero-order valence-corrected chi connectivity index (χ0v) is 13.4. The molecule has 1 saturated heterocycles. The molecule has 1 aliphatic rings. The van der Waals surface area contributed by atoms with E-state index in [-0.39, 0.29) is 0 Å². The lowest BCUT2D eigenvalue weighted by molar-refractivity contribution is 0.193. The van der Waals surface area contributed by atoms with E-state index in [0.29, 0.717) is 5.92 Å². The fourth-order valence-corrected chi connectivity index (χ4v) is 3.32. The first-order valence-corrected chi connectivity index (χ1v) is 8.27. The van der Waals surface area contributed by atoms with E-state index in [4.69, 9.17) is 4.42 Å². The van der Waals surface area contributed by atoms with Crippen LogP contribution in [0.1, 0.15) is 35.8 Å². The van der Waals surface area contributed by atoms with Crippen molar-refractivity contribution in [2.75, 3.05) is 13.1 Å². The number of nitrogens with zero attached hydrogens (tertiary/aromatic N) is 3. The van der Waals surface area contributed by atoms with Crippen LogP contribution in [0, 0.1) is 6.92 Å². The Morgan fingerprint density at radius 2 is 2.00 bits per heavy atom. The molecule has 0 atom stereocenters. The lowest BCUT2D eigenvalue weighted by Gasteiger charge is -2.30. The van der Waals surface area contributed by atoms with Crippen molar-refractivity contribution in [2.45, 2.75) is 32.2 Å². The Morgan fingerprint density at radius 1 is 1.17 bits per heavy atom. The van der Waals surface area contributed by atoms with E-state index in [1.54, 1.807) is 0 Å². The third kappa shape index (κ3) is 2.99. The topological polar surface area (TPSA) is 42.2 Å². The normalized spacial score (nSPS) is 16.9.